The lowest BCUT2D eigenvalue weighted by molar-refractivity contribution is -0.131. The van der Waals surface area contributed by atoms with Crippen LogP contribution in [-0.2, 0) is 24.4 Å². The predicted octanol–water partition coefficient (Wildman–Crippen LogP) is 3.19. The van der Waals surface area contributed by atoms with Gasteiger partial charge in [0.25, 0.3) is 6.43 Å². The van der Waals surface area contributed by atoms with Crippen molar-refractivity contribution in [3.8, 4) is 0 Å². The second kappa shape index (κ2) is 7.17. The van der Waals surface area contributed by atoms with Crippen LogP contribution in [0.25, 0.3) is 0 Å². The number of hydrogen-bond donors (Lipinski definition) is 0. The molecule has 2 aromatic heterocycles. The summed E-state index contributed by atoms with van der Waals surface area (Å²) < 4.78 is 29.3. The van der Waals surface area contributed by atoms with Crippen molar-refractivity contribution >= 4 is 5.91 Å². The van der Waals surface area contributed by atoms with Gasteiger partial charge in [-0.1, -0.05) is 0 Å². The van der Waals surface area contributed by atoms with Gasteiger partial charge in [-0.3, -0.25) is 14.2 Å². The number of alkyl halides is 2. The van der Waals surface area contributed by atoms with Crippen molar-refractivity contribution in [3.63, 3.8) is 0 Å². The maximum atomic E-state index is 13.0. The van der Waals surface area contributed by atoms with E-state index in [0.29, 0.717) is 6.54 Å². The van der Waals surface area contributed by atoms with Crippen LogP contribution in [0.3, 0.4) is 0 Å². The molecule has 0 spiro atoms. The lowest BCUT2D eigenvalue weighted by Gasteiger charge is -2.18. The van der Waals surface area contributed by atoms with Gasteiger partial charge in [-0.15, -0.1) is 0 Å². The zero-order valence-electron chi connectivity index (χ0n) is 15.7. The number of hydrogen-bond acceptors (Lipinski definition) is 3. The van der Waals surface area contributed by atoms with E-state index in [1.165, 1.54) is 10.7 Å². The van der Waals surface area contributed by atoms with E-state index in [0.717, 1.165) is 42.0 Å². The normalized spacial score (nSPS) is 14.3. The Bertz CT molecular complexity index is 807. The van der Waals surface area contributed by atoms with Gasteiger partial charge in [0.2, 0.25) is 5.91 Å². The minimum Gasteiger partial charge on any atom is -0.340 e. The number of aromatic nitrogens is 4. The molecule has 142 valence electrons. The van der Waals surface area contributed by atoms with E-state index >= 15 is 0 Å². The van der Waals surface area contributed by atoms with Crippen molar-refractivity contribution in [2.24, 2.45) is 0 Å². The summed E-state index contributed by atoms with van der Waals surface area (Å²) in [5.74, 6) is 0.0965. The molecule has 6 nitrogen and oxygen atoms in total. The van der Waals surface area contributed by atoms with Crippen LogP contribution in [-0.4, -0.2) is 37.4 Å². The average molecular weight is 365 g/mol. The van der Waals surface area contributed by atoms with E-state index in [2.05, 4.69) is 10.2 Å². The van der Waals surface area contributed by atoms with Gasteiger partial charge in [0.1, 0.15) is 12.2 Å². The third-order valence-corrected chi connectivity index (χ3v) is 4.99. The summed E-state index contributed by atoms with van der Waals surface area (Å²) in [7, 11) is 1.72. The summed E-state index contributed by atoms with van der Waals surface area (Å²) in [6, 6.07) is 1.44. The lowest BCUT2D eigenvalue weighted by Crippen LogP contribution is -2.31. The summed E-state index contributed by atoms with van der Waals surface area (Å²) >= 11 is 0. The Balaban J connectivity index is 1.73. The standard InChI is InChI=1S/C18H25F2N5O/c1-5-24-12(3)14(11(2)21-24)9-23(4)17(26)10-25-16(13-6-7-13)8-15(22-25)18(19)20/h8,13,18H,5-7,9-10H2,1-4H3. The maximum Gasteiger partial charge on any atom is 0.282 e. The van der Waals surface area contributed by atoms with Crippen molar-refractivity contribution in [2.45, 2.75) is 65.6 Å². The van der Waals surface area contributed by atoms with Crippen LogP contribution >= 0.6 is 0 Å². The topological polar surface area (TPSA) is 56.0 Å². The minimum atomic E-state index is -2.62. The van der Waals surface area contributed by atoms with E-state index in [-0.39, 0.29) is 24.1 Å². The maximum absolute atomic E-state index is 13.0. The van der Waals surface area contributed by atoms with Gasteiger partial charge in [0.05, 0.1) is 5.69 Å². The van der Waals surface area contributed by atoms with E-state index in [1.54, 1.807) is 11.9 Å². The van der Waals surface area contributed by atoms with Crippen LogP contribution < -0.4 is 0 Å². The van der Waals surface area contributed by atoms with Crippen molar-refractivity contribution in [3.05, 3.63) is 34.4 Å². The third-order valence-electron chi connectivity index (χ3n) is 4.99. The number of carbonyl (C=O) groups is 1. The number of rotatable bonds is 7. The first-order valence-electron chi connectivity index (χ1n) is 8.94. The Labute approximate surface area is 151 Å². The molecule has 2 heterocycles. The molecule has 8 heteroatoms. The van der Waals surface area contributed by atoms with Crippen LogP contribution in [0.1, 0.15) is 60.4 Å². The number of nitrogens with zero attached hydrogens (tertiary/aromatic N) is 5. The lowest BCUT2D eigenvalue weighted by atomic mass is 10.2. The average Bonchev–Trinajstić information content (AvgIpc) is 3.30. The van der Waals surface area contributed by atoms with Gasteiger partial charge in [0, 0.05) is 43.0 Å². The quantitative estimate of drug-likeness (QED) is 0.757. The zero-order chi connectivity index (χ0) is 19.0. The molecule has 1 amide bonds. The van der Waals surface area contributed by atoms with Crippen LogP contribution in [0, 0.1) is 13.8 Å². The molecule has 0 saturated heterocycles. The second-order valence-corrected chi connectivity index (χ2v) is 6.94. The van der Waals surface area contributed by atoms with E-state index in [1.807, 2.05) is 25.5 Å². The molecule has 0 bridgehead atoms. The monoisotopic (exact) mass is 365 g/mol. The molecule has 0 aliphatic heterocycles. The number of aryl methyl sites for hydroxylation is 2. The Morgan fingerprint density at radius 3 is 2.54 bits per heavy atom. The Hall–Kier alpha value is -2.25. The molecule has 0 unspecified atom stereocenters. The number of carbonyl (C=O) groups excluding carboxylic acids is 1. The highest BCUT2D eigenvalue weighted by Crippen LogP contribution is 2.41. The van der Waals surface area contributed by atoms with Gasteiger partial charge in [-0.05, 0) is 39.7 Å². The largest absolute Gasteiger partial charge is 0.340 e. The fourth-order valence-electron chi connectivity index (χ4n) is 3.24. The molecule has 1 fully saturated rings. The van der Waals surface area contributed by atoms with Gasteiger partial charge in [0.15, 0.2) is 0 Å². The molecular formula is C18H25F2N5O. The first-order chi connectivity index (χ1) is 12.3. The zero-order valence-corrected chi connectivity index (χ0v) is 15.7. The van der Waals surface area contributed by atoms with Crippen molar-refractivity contribution < 1.29 is 13.6 Å². The highest BCUT2D eigenvalue weighted by atomic mass is 19.3. The summed E-state index contributed by atoms with van der Waals surface area (Å²) in [5.41, 5.74) is 3.47. The molecule has 0 radical (unpaired) electrons. The van der Waals surface area contributed by atoms with Gasteiger partial charge in [-0.25, -0.2) is 8.78 Å². The van der Waals surface area contributed by atoms with Gasteiger partial charge < -0.3 is 4.90 Å². The van der Waals surface area contributed by atoms with Crippen molar-refractivity contribution in [2.75, 3.05) is 7.05 Å². The van der Waals surface area contributed by atoms with E-state index in [4.69, 9.17) is 0 Å². The van der Waals surface area contributed by atoms with E-state index < -0.39 is 6.43 Å². The molecule has 0 atom stereocenters. The smallest absolute Gasteiger partial charge is 0.282 e. The fourth-order valence-corrected chi connectivity index (χ4v) is 3.24. The third kappa shape index (κ3) is 3.64. The molecule has 0 aromatic carbocycles. The molecule has 3 rings (SSSR count). The van der Waals surface area contributed by atoms with Crippen LogP contribution in [0.15, 0.2) is 6.07 Å². The number of halogens is 2. The van der Waals surface area contributed by atoms with Crippen molar-refractivity contribution in [1.82, 2.24) is 24.5 Å². The molecule has 1 saturated carbocycles. The minimum absolute atomic E-state index is 0.0188. The van der Waals surface area contributed by atoms with Gasteiger partial charge >= 0.3 is 0 Å². The molecule has 2 aromatic rings. The number of likely N-dealkylation sites (N-methyl/N-ethyl adjacent to an activating group) is 1. The van der Waals surface area contributed by atoms with E-state index in [9.17, 15) is 13.6 Å². The fraction of sp³-hybridized carbons (Fsp3) is 0.611. The molecule has 1 aliphatic rings. The Morgan fingerprint density at radius 2 is 2.00 bits per heavy atom. The number of amides is 1. The summed E-state index contributed by atoms with van der Waals surface area (Å²) in [4.78, 5) is 14.2. The van der Waals surface area contributed by atoms with Crippen LogP contribution in [0.2, 0.25) is 0 Å². The Kier molecular flexibility index (Phi) is 5.11. The highest BCUT2D eigenvalue weighted by Gasteiger charge is 2.30. The highest BCUT2D eigenvalue weighted by molar-refractivity contribution is 5.75. The Morgan fingerprint density at radius 1 is 1.31 bits per heavy atom. The predicted molar refractivity (Wildman–Crippen MR) is 93.0 cm³/mol. The second-order valence-electron chi connectivity index (χ2n) is 6.94. The SMILES string of the molecule is CCn1nc(C)c(CN(C)C(=O)Cn2nc(C(F)F)cc2C2CC2)c1C. The molecule has 1 aliphatic carbocycles. The van der Waals surface area contributed by atoms with Gasteiger partial charge in [-0.2, -0.15) is 10.2 Å². The first-order valence-corrected chi connectivity index (χ1v) is 8.94. The van der Waals surface area contributed by atoms with Crippen molar-refractivity contribution in [1.29, 1.82) is 0 Å². The van der Waals surface area contributed by atoms with Crippen LogP contribution in [0.4, 0.5) is 8.78 Å². The molecule has 26 heavy (non-hydrogen) atoms. The van der Waals surface area contributed by atoms with Crippen LogP contribution in [0.5, 0.6) is 0 Å². The molecular weight excluding hydrogens is 340 g/mol. The first kappa shape index (κ1) is 18.5. The summed E-state index contributed by atoms with van der Waals surface area (Å²) in [5, 5.41) is 8.43. The molecule has 0 N–H and O–H groups in total. The summed E-state index contributed by atoms with van der Waals surface area (Å²) in [6.07, 6.45) is -0.688. The summed E-state index contributed by atoms with van der Waals surface area (Å²) in [6.45, 7) is 7.15.